The standard InChI is InChI=1S/C21H33N3O2/c1-3-18-7-4-5-9-20(18)23-11-13-24(14-12-23)21(25)19-8-6-10-22(17-19)15-16-26-2/h4-5,7,9,19H,3,6,8,10-17H2,1-2H3. The SMILES string of the molecule is CCc1ccccc1N1CCN(C(=O)C2CCCN(CCOC)C2)CC1. The maximum Gasteiger partial charge on any atom is 0.227 e. The molecule has 2 heterocycles. The molecule has 5 heteroatoms. The number of hydrogen-bond acceptors (Lipinski definition) is 4. The molecule has 2 aliphatic rings. The van der Waals surface area contributed by atoms with Gasteiger partial charge >= 0.3 is 0 Å². The number of amides is 1. The van der Waals surface area contributed by atoms with Crippen LogP contribution >= 0.6 is 0 Å². The molecule has 0 N–H and O–H groups in total. The van der Waals surface area contributed by atoms with Gasteiger partial charge in [0.15, 0.2) is 0 Å². The number of methoxy groups -OCH3 is 1. The van der Waals surface area contributed by atoms with Crippen molar-refractivity contribution in [3.05, 3.63) is 29.8 Å². The van der Waals surface area contributed by atoms with Gasteiger partial charge in [0.1, 0.15) is 0 Å². The number of likely N-dealkylation sites (tertiary alicyclic amines) is 1. The number of piperidine rings is 1. The number of rotatable bonds is 6. The van der Waals surface area contributed by atoms with Crippen molar-refractivity contribution < 1.29 is 9.53 Å². The number of carbonyl (C=O) groups is 1. The van der Waals surface area contributed by atoms with Gasteiger partial charge in [-0.2, -0.15) is 0 Å². The highest BCUT2D eigenvalue weighted by atomic mass is 16.5. The molecule has 0 aromatic heterocycles. The van der Waals surface area contributed by atoms with E-state index in [1.807, 2.05) is 0 Å². The van der Waals surface area contributed by atoms with E-state index in [2.05, 4.69) is 45.9 Å². The van der Waals surface area contributed by atoms with Crippen molar-refractivity contribution in [3.8, 4) is 0 Å². The summed E-state index contributed by atoms with van der Waals surface area (Å²) in [7, 11) is 1.74. The Hall–Kier alpha value is -1.59. The Kier molecular flexibility index (Phi) is 6.92. The predicted molar refractivity (Wildman–Crippen MR) is 106 cm³/mol. The lowest BCUT2D eigenvalue weighted by Crippen LogP contribution is -2.53. The number of piperazine rings is 1. The molecular formula is C21H33N3O2. The van der Waals surface area contributed by atoms with Crippen LogP contribution in [0.2, 0.25) is 0 Å². The number of aryl methyl sites for hydroxylation is 1. The minimum atomic E-state index is 0.162. The first-order chi connectivity index (χ1) is 12.7. The second-order valence-electron chi connectivity index (χ2n) is 7.43. The summed E-state index contributed by atoms with van der Waals surface area (Å²) < 4.78 is 5.19. The van der Waals surface area contributed by atoms with E-state index in [4.69, 9.17) is 4.74 Å². The van der Waals surface area contributed by atoms with Crippen LogP contribution in [0, 0.1) is 5.92 Å². The van der Waals surface area contributed by atoms with Crippen molar-refractivity contribution in [2.24, 2.45) is 5.92 Å². The summed E-state index contributed by atoms with van der Waals surface area (Å²) in [5.41, 5.74) is 2.74. The fourth-order valence-corrected chi connectivity index (χ4v) is 4.22. The maximum absolute atomic E-state index is 13.0. The molecule has 1 atom stereocenters. The third-order valence-electron chi connectivity index (χ3n) is 5.77. The van der Waals surface area contributed by atoms with Crippen LogP contribution in [0.4, 0.5) is 5.69 Å². The molecule has 1 aromatic carbocycles. The first-order valence-corrected chi connectivity index (χ1v) is 10.1. The second-order valence-corrected chi connectivity index (χ2v) is 7.43. The van der Waals surface area contributed by atoms with Crippen LogP contribution in [0.1, 0.15) is 25.3 Å². The molecule has 26 heavy (non-hydrogen) atoms. The van der Waals surface area contributed by atoms with Gasteiger partial charge in [0.25, 0.3) is 0 Å². The zero-order valence-corrected chi connectivity index (χ0v) is 16.3. The molecule has 3 rings (SSSR count). The third-order valence-corrected chi connectivity index (χ3v) is 5.77. The number of anilines is 1. The first kappa shape index (κ1) is 19.2. The lowest BCUT2D eigenvalue weighted by molar-refractivity contribution is -0.137. The van der Waals surface area contributed by atoms with Crippen molar-refractivity contribution in [2.75, 3.05) is 64.4 Å². The highest BCUT2D eigenvalue weighted by molar-refractivity contribution is 5.79. The van der Waals surface area contributed by atoms with E-state index in [0.717, 1.165) is 71.7 Å². The lowest BCUT2D eigenvalue weighted by Gasteiger charge is -2.40. The van der Waals surface area contributed by atoms with Crippen LogP contribution in [-0.2, 0) is 16.0 Å². The highest BCUT2D eigenvalue weighted by Crippen LogP contribution is 2.24. The van der Waals surface area contributed by atoms with Crippen LogP contribution in [0.5, 0.6) is 0 Å². The molecule has 1 aromatic rings. The van der Waals surface area contributed by atoms with E-state index in [-0.39, 0.29) is 5.92 Å². The molecule has 1 unspecified atom stereocenters. The van der Waals surface area contributed by atoms with E-state index < -0.39 is 0 Å². The van der Waals surface area contributed by atoms with Gasteiger partial charge < -0.3 is 19.4 Å². The normalized spacial score (nSPS) is 21.8. The number of hydrogen-bond donors (Lipinski definition) is 0. The van der Waals surface area contributed by atoms with E-state index in [1.165, 1.54) is 11.3 Å². The van der Waals surface area contributed by atoms with Crippen molar-refractivity contribution in [1.29, 1.82) is 0 Å². The average Bonchev–Trinajstić information content (AvgIpc) is 2.72. The minimum absolute atomic E-state index is 0.162. The van der Waals surface area contributed by atoms with Crippen LogP contribution in [0.3, 0.4) is 0 Å². The van der Waals surface area contributed by atoms with Gasteiger partial charge in [-0.3, -0.25) is 4.79 Å². The Labute approximate surface area is 157 Å². The summed E-state index contributed by atoms with van der Waals surface area (Å²) in [6.45, 7) is 9.41. The molecule has 0 saturated carbocycles. The molecule has 0 bridgehead atoms. The minimum Gasteiger partial charge on any atom is -0.383 e. The topological polar surface area (TPSA) is 36.0 Å². The molecular weight excluding hydrogens is 326 g/mol. The third kappa shape index (κ3) is 4.57. The zero-order valence-electron chi connectivity index (χ0n) is 16.3. The van der Waals surface area contributed by atoms with Crippen LogP contribution in [0.15, 0.2) is 24.3 Å². The van der Waals surface area contributed by atoms with Gasteiger partial charge in [-0.25, -0.2) is 0 Å². The Bertz CT molecular complexity index is 584. The molecule has 144 valence electrons. The monoisotopic (exact) mass is 359 g/mol. The van der Waals surface area contributed by atoms with Crippen molar-refractivity contribution in [3.63, 3.8) is 0 Å². The number of para-hydroxylation sites is 1. The van der Waals surface area contributed by atoms with Crippen LogP contribution < -0.4 is 4.90 Å². The van der Waals surface area contributed by atoms with E-state index in [9.17, 15) is 4.79 Å². The smallest absolute Gasteiger partial charge is 0.227 e. The zero-order chi connectivity index (χ0) is 18.4. The van der Waals surface area contributed by atoms with Gasteiger partial charge in [0.2, 0.25) is 5.91 Å². The van der Waals surface area contributed by atoms with Gasteiger partial charge in [0, 0.05) is 52.1 Å². The van der Waals surface area contributed by atoms with Crippen molar-refractivity contribution in [1.82, 2.24) is 9.80 Å². The maximum atomic E-state index is 13.0. The summed E-state index contributed by atoms with van der Waals surface area (Å²) in [6.07, 6.45) is 3.19. The lowest BCUT2D eigenvalue weighted by atomic mass is 9.96. The summed E-state index contributed by atoms with van der Waals surface area (Å²) in [5.74, 6) is 0.519. The molecule has 2 aliphatic heterocycles. The molecule has 1 amide bonds. The summed E-state index contributed by atoms with van der Waals surface area (Å²) in [6, 6.07) is 8.65. The summed E-state index contributed by atoms with van der Waals surface area (Å²) >= 11 is 0. The average molecular weight is 360 g/mol. The van der Waals surface area contributed by atoms with E-state index in [0.29, 0.717) is 5.91 Å². The molecule has 2 fully saturated rings. The van der Waals surface area contributed by atoms with Crippen LogP contribution in [-0.4, -0.2) is 75.2 Å². The molecule has 0 aliphatic carbocycles. The molecule has 0 spiro atoms. The summed E-state index contributed by atoms with van der Waals surface area (Å²) in [5, 5.41) is 0. The first-order valence-electron chi connectivity index (χ1n) is 10.1. The Morgan fingerprint density at radius 2 is 1.92 bits per heavy atom. The second kappa shape index (κ2) is 9.38. The number of ether oxygens (including phenoxy) is 1. The van der Waals surface area contributed by atoms with Crippen molar-refractivity contribution in [2.45, 2.75) is 26.2 Å². The van der Waals surface area contributed by atoms with Gasteiger partial charge in [-0.05, 0) is 37.4 Å². The van der Waals surface area contributed by atoms with Gasteiger partial charge in [-0.15, -0.1) is 0 Å². The molecule has 5 nitrogen and oxygen atoms in total. The van der Waals surface area contributed by atoms with E-state index >= 15 is 0 Å². The highest BCUT2D eigenvalue weighted by Gasteiger charge is 2.31. The molecule has 2 saturated heterocycles. The quantitative estimate of drug-likeness (QED) is 0.781. The van der Waals surface area contributed by atoms with Crippen molar-refractivity contribution >= 4 is 11.6 Å². The number of benzene rings is 1. The Morgan fingerprint density at radius 3 is 2.65 bits per heavy atom. The number of nitrogens with zero attached hydrogens (tertiary/aromatic N) is 3. The van der Waals surface area contributed by atoms with Gasteiger partial charge in [0.05, 0.1) is 12.5 Å². The fourth-order valence-electron chi connectivity index (χ4n) is 4.22. The summed E-state index contributed by atoms with van der Waals surface area (Å²) in [4.78, 5) is 19.9. The van der Waals surface area contributed by atoms with Gasteiger partial charge in [-0.1, -0.05) is 25.1 Å². The Morgan fingerprint density at radius 1 is 1.15 bits per heavy atom. The van der Waals surface area contributed by atoms with E-state index in [1.54, 1.807) is 7.11 Å². The fraction of sp³-hybridized carbons (Fsp3) is 0.667. The number of carbonyl (C=O) groups excluding carboxylic acids is 1. The predicted octanol–water partition coefficient (Wildman–Crippen LogP) is 2.26. The Balaban J connectivity index is 1.53. The molecule has 0 radical (unpaired) electrons. The van der Waals surface area contributed by atoms with Crippen LogP contribution in [0.25, 0.3) is 0 Å². The largest absolute Gasteiger partial charge is 0.383 e.